The molecule has 0 amide bonds. The van der Waals surface area contributed by atoms with Gasteiger partial charge in [-0.1, -0.05) is 158 Å². The lowest BCUT2D eigenvalue weighted by molar-refractivity contribution is 0.670. The summed E-state index contributed by atoms with van der Waals surface area (Å²) in [6.45, 7) is 0. The molecule has 8 nitrogen and oxygen atoms in total. The number of benzene rings is 13. The Labute approximate surface area is 500 Å². The van der Waals surface area contributed by atoms with Crippen LogP contribution in [-0.2, 0) is 0 Å². The molecule has 0 spiro atoms. The Balaban J connectivity index is 0.744. The van der Waals surface area contributed by atoms with E-state index in [0.29, 0.717) is 5.82 Å². The van der Waals surface area contributed by atoms with Crippen LogP contribution >= 0.6 is 0 Å². The smallest absolute Gasteiger partial charge is 0.160 e. The summed E-state index contributed by atoms with van der Waals surface area (Å²) in [5, 5.41) is 14.5. The Morgan fingerprint density at radius 1 is 0.239 bits per heavy atom. The second-order valence-electron chi connectivity index (χ2n) is 23.1. The number of furan rings is 3. The quantitative estimate of drug-likeness (QED) is 0.166. The second-order valence-corrected chi connectivity index (χ2v) is 23.1. The molecule has 20 rings (SSSR count). The third-order valence-electron chi connectivity index (χ3n) is 18.5. The lowest BCUT2D eigenvalue weighted by Gasteiger charge is -2.14. The monoisotopic (exact) mass is 1120 g/mol. The number of nitrogens with zero attached hydrogens (tertiary/aromatic N) is 5. The fourth-order valence-electron chi connectivity index (χ4n) is 14.5. The topological polar surface area (TPSA) is 80.0 Å². The first-order valence-electron chi connectivity index (χ1n) is 29.8. The van der Waals surface area contributed by atoms with Gasteiger partial charge in [0.2, 0.25) is 0 Å². The van der Waals surface area contributed by atoms with Crippen LogP contribution in [-0.4, -0.2) is 23.7 Å². The maximum absolute atomic E-state index is 6.73. The number of fused-ring (bicyclic) bond motifs is 22. The first-order valence-corrected chi connectivity index (χ1v) is 29.8. The molecule has 0 aliphatic heterocycles. The summed E-state index contributed by atoms with van der Waals surface area (Å²) in [5.74, 6) is 0.636. The molecule has 7 heterocycles. The van der Waals surface area contributed by atoms with Crippen molar-refractivity contribution in [3.05, 3.63) is 273 Å². The van der Waals surface area contributed by atoms with E-state index in [4.69, 9.17) is 23.2 Å². The molecule has 0 unspecified atom stereocenters. The number of para-hydroxylation sites is 6. The van der Waals surface area contributed by atoms with Crippen molar-refractivity contribution in [1.82, 2.24) is 23.7 Å². The van der Waals surface area contributed by atoms with Crippen LogP contribution in [0.25, 0.3) is 193 Å². The highest BCUT2D eigenvalue weighted by Crippen LogP contribution is 2.45. The van der Waals surface area contributed by atoms with Gasteiger partial charge in [-0.25, -0.2) is 9.97 Å². The molecule has 7 aromatic heterocycles. The summed E-state index contributed by atoms with van der Waals surface area (Å²) >= 11 is 0. The van der Waals surface area contributed by atoms with Crippen LogP contribution in [0.3, 0.4) is 0 Å². The van der Waals surface area contributed by atoms with E-state index in [1.54, 1.807) is 0 Å². The van der Waals surface area contributed by atoms with Crippen molar-refractivity contribution in [3.8, 4) is 50.8 Å². The van der Waals surface area contributed by atoms with Gasteiger partial charge in [0.25, 0.3) is 0 Å². The largest absolute Gasteiger partial charge is 0.454 e. The molecule has 88 heavy (non-hydrogen) atoms. The van der Waals surface area contributed by atoms with Gasteiger partial charge in [-0.2, -0.15) is 0 Å². The van der Waals surface area contributed by atoms with E-state index in [1.165, 1.54) is 16.2 Å². The van der Waals surface area contributed by atoms with Gasteiger partial charge in [0.05, 0.1) is 44.3 Å². The Morgan fingerprint density at radius 2 is 0.580 bits per heavy atom. The molecule has 8 heteroatoms. The molecule has 0 saturated carbocycles. The molecule has 13 aromatic carbocycles. The minimum Gasteiger partial charge on any atom is -0.454 e. The Kier molecular flexibility index (Phi) is 9.57. The van der Waals surface area contributed by atoms with E-state index >= 15 is 0 Å². The highest BCUT2D eigenvalue weighted by Gasteiger charge is 2.24. The molecule has 0 bridgehead atoms. The standard InChI is InChI=1S/C80H45N5O3/c1-7-19-67-53(13-1)59-38-41-62-56-16-4-10-22-70(56)86-77(62)74(59)83(67)50-32-25-46(26-33-50)49-31-44-66-65(45-49)73(47-27-34-51(35-28-47)84-68-20-8-2-14-54(68)60-39-42-63-57-17-5-11-23-71(57)87-78(63)75(60)84)82-80(81-66)48-29-36-52(37-30-48)85-69-21-9-3-15-55(69)61-40-43-64-58-18-6-12-24-72(58)88-79(64)76(61)85/h1-45H. The minimum absolute atomic E-state index is 0.636. The molecule has 0 aliphatic carbocycles. The van der Waals surface area contributed by atoms with Gasteiger partial charge in [-0.15, -0.1) is 0 Å². The summed E-state index contributed by atoms with van der Waals surface area (Å²) in [7, 11) is 0. The molecular formula is C80H45N5O3. The second kappa shape index (κ2) is 17.8. The van der Waals surface area contributed by atoms with Gasteiger partial charge in [-0.3, -0.25) is 0 Å². The van der Waals surface area contributed by atoms with Gasteiger partial charge in [0.15, 0.2) is 22.6 Å². The highest BCUT2D eigenvalue weighted by atomic mass is 16.3. The molecule has 0 fully saturated rings. The normalized spacial score (nSPS) is 12.3. The SMILES string of the molecule is c1ccc2c(c1)oc1c2ccc2c3ccccc3n(-c3ccc(-c4ccc5nc(-c6ccc(-n7c8ccccc8c8ccc9c%10ccccc%10oc9c87)cc6)nc(-c6ccc(-n7c8ccccc8c8ccc9c%10ccccc%10oc9c87)cc6)c5c4)cc3)c21. The van der Waals surface area contributed by atoms with Gasteiger partial charge in [-0.05, 0) is 126 Å². The number of aromatic nitrogens is 5. The van der Waals surface area contributed by atoms with Crippen LogP contribution in [0.4, 0.5) is 0 Å². The molecule has 0 aliphatic rings. The van der Waals surface area contributed by atoms with Crippen LogP contribution in [0, 0.1) is 0 Å². The number of hydrogen-bond donors (Lipinski definition) is 0. The maximum Gasteiger partial charge on any atom is 0.160 e. The predicted octanol–water partition coefficient (Wildman–Crippen LogP) is 21.6. The maximum atomic E-state index is 6.73. The minimum atomic E-state index is 0.636. The zero-order valence-corrected chi connectivity index (χ0v) is 46.9. The van der Waals surface area contributed by atoms with Crippen molar-refractivity contribution in [2.45, 2.75) is 0 Å². The molecule has 408 valence electrons. The lowest BCUT2D eigenvalue weighted by atomic mass is 9.99. The summed E-state index contributed by atoms with van der Waals surface area (Å²) in [6.07, 6.45) is 0. The van der Waals surface area contributed by atoms with E-state index in [0.717, 1.165) is 171 Å². The molecular weight excluding hydrogens is 1080 g/mol. The zero-order valence-electron chi connectivity index (χ0n) is 46.9. The van der Waals surface area contributed by atoms with Crippen LogP contribution in [0.5, 0.6) is 0 Å². The number of hydrogen-bond acceptors (Lipinski definition) is 5. The van der Waals surface area contributed by atoms with E-state index in [9.17, 15) is 0 Å². The van der Waals surface area contributed by atoms with Gasteiger partial charge < -0.3 is 27.0 Å². The fourth-order valence-corrected chi connectivity index (χ4v) is 14.5. The summed E-state index contributed by atoms with van der Waals surface area (Å²) < 4.78 is 27.2. The Morgan fingerprint density at radius 3 is 1.00 bits per heavy atom. The van der Waals surface area contributed by atoms with E-state index in [1.807, 2.05) is 24.3 Å². The van der Waals surface area contributed by atoms with Crippen molar-refractivity contribution in [2.75, 3.05) is 0 Å². The predicted molar refractivity (Wildman–Crippen MR) is 361 cm³/mol. The molecule has 0 saturated heterocycles. The molecule has 0 N–H and O–H groups in total. The Hall–Kier alpha value is -12.0. The van der Waals surface area contributed by atoms with E-state index in [2.05, 4.69) is 262 Å². The van der Waals surface area contributed by atoms with Gasteiger partial charge in [0.1, 0.15) is 16.7 Å². The van der Waals surface area contributed by atoms with Crippen molar-refractivity contribution in [3.63, 3.8) is 0 Å². The first kappa shape index (κ1) is 47.4. The third-order valence-corrected chi connectivity index (χ3v) is 18.5. The highest BCUT2D eigenvalue weighted by molar-refractivity contribution is 6.24. The van der Waals surface area contributed by atoms with Crippen LogP contribution < -0.4 is 0 Å². The van der Waals surface area contributed by atoms with Crippen molar-refractivity contribution in [2.24, 2.45) is 0 Å². The molecule has 0 atom stereocenters. The average Bonchev–Trinajstić information content (AvgIpc) is 2.04. The van der Waals surface area contributed by atoms with Crippen molar-refractivity contribution < 1.29 is 13.3 Å². The van der Waals surface area contributed by atoms with Crippen LogP contribution in [0.2, 0.25) is 0 Å². The van der Waals surface area contributed by atoms with E-state index < -0.39 is 0 Å². The summed E-state index contributed by atoms with van der Waals surface area (Å²) in [6, 6.07) is 97.1. The lowest BCUT2D eigenvalue weighted by Crippen LogP contribution is -1.98. The first-order chi connectivity index (χ1) is 43.6. The van der Waals surface area contributed by atoms with Crippen LogP contribution in [0.15, 0.2) is 286 Å². The van der Waals surface area contributed by atoms with E-state index in [-0.39, 0.29) is 0 Å². The third kappa shape index (κ3) is 6.62. The molecule has 20 aromatic rings. The van der Waals surface area contributed by atoms with Crippen molar-refractivity contribution >= 4 is 142 Å². The summed E-state index contributed by atoms with van der Waals surface area (Å²) in [5.41, 5.74) is 20.5. The summed E-state index contributed by atoms with van der Waals surface area (Å²) in [4.78, 5) is 11.0. The molecule has 0 radical (unpaired) electrons. The van der Waals surface area contributed by atoms with Gasteiger partial charge in [0, 0.05) is 98.2 Å². The number of rotatable bonds is 6. The zero-order chi connectivity index (χ0) is 57.3. The fraction of sp³-hybridized carbons (Fsp3) is 0. The Bertz CT molecular complexity index is 6350. The van der Waals surface area contributed by atoms with Crippen LogP contribution in [0.1, 0.15) is 0 Å². The van der Waals surface area contributed by atoms with Gasteiger partial charge >= 0.3 is 0 Å². The van der Waals surface area contributed by atoms with Crippen molar-refractivity contribution in [1.29, 1.82) is 0 Å². The average molecular weight is 1120 g/mol.